The molecule has 0 spiro atoms. The minimum absolute atomic E-state index is 0.000733. The maximum atomic E-state index is 8.67. The fourth-order valence-corrected chi connectivity index (χ4v) is 2.14. The van der Waals surface area contributed by atoms with Gasteiger partial charge in [0.25, 0.3) is 0 Å². The zero-order valence-electron chi connectivity index (χ0n) is 14.2. The highest BCUT2D eigenvalue weighted by Gasteiger charge is 2.16. The molecular weight excluding hydrogens is 288 g/mol. The molecular formula is C16H32O6. The fourth-order valence-electron chi connectivity index (χ4n) is 2.14. The van der Waals surface area contributed by atoms with Crippen LogP contribution >= 0.6 is 0 Å². The van der Waals surface area contributed by atoms with Crippen LogP contribution < -0.4 is 0 Å². The highest BCUT2D eigenvalue weighted by molar-refractivity contribution is 4.64. The maximum absolute atomic E-state index is 8.67. The first-order valence-corrected chi connectivity index (χ1v) is 8.26. The average Bonchev–Trinajstić information content (AvgIpc) is 3.02. The number of hydrogen-bond donors (Lipinski definition) is 1. The molecule has 6 heteroatoms. The van der Waals surface area contributed by atoms with Crippen molar-refractivity contribution >= 4 is 0 Å². The van der Waals surface area contributed by atoms with Crippen molar-refractivity contribution in [3.05, 3.63) is 0 Å². The average molecular weight is 320 g/mol. The molecule has 0 amide bonds. The molecule has 1 N–H and O–H groups in total. The van der Waals surface area contributed by atoms with E-state index in [4.69, 9.17) is 28.8 Å². The van der Waals surface area contributed by atoms with E-state index in [0.29, 0.717) is 33.0 Å². The minimum Gasteiger partial charge on any atom is -0.394 e. The third kappa shape index (κ3) is 9.71. The Morgan fingerprint density at radius 2 is 1.64 bits per heavy atom. The number of rotatable bonds is 13. The molecule has 4 unspecified atom stereocenters. The summed E-state index contributed by atoms with van der Waals surface area (Å²) in [4.78, 5) is 0. The van der Waals surface area contributed by atoms with Crippen molar-refractivity contribution < 1.29 is 28.8 Å². The van der Waals surface area contributed by atoms with Crippen LogP contribution in [0.1, 0.15) is 33.6 Å². The molecule has 22 heavy (non-hydrogen) atoms. The lowest BCUT2D eigenvalue weighted by Gasteiger charge is -2.20. The normalized spacial score (nSPS) is 22.6. The summed E-state index contributed by atoms with van der Waals surface area (Å²) < 4.78 is 27.8. The Morgan fingerprint density at radius 1 is 1.00 bits per heavy atom. The first kappa shape index (κ1) is 19.8. The van der Waals surface area contributed by atoms with Crippen molar-refractivity contribution in [3.63, 3.8) is 0 Å². The van der Waals surface area contributed by atoms with E-state index in [1.54, 1.807) is 0 Å². The van der Waals surface area contributed by atoms with Crippen LogP contribution in [-0.2, 0) is 23.7 Å². The molecule has 6 nitrogen and oxygen atoms in total. The molecule has 0 radical (unpaired) electrons. The SMILES string of the molecule is CC(COCC1CCCO1)OCC(C)OCC(C)OCCO. The molecule has 132 valence electrons. The van der Waals surface area contributed by atoms with Crippen LogP contribution in [0, 0.1) is 0 Å². The van der Waals surface area contributed by atoms with Gasteiger partial charge >= 0.3 is 0 Å². The van der Waals surface area contributed by atoms with Gasteiger partial charge in [-0.05, 0) is 33.6 Å². The summed E-state index contributed by atoms with van der Waals surface area (Å²) in [5.74, 6) is 0. The van der Waals surface area contributed by atoms with Crippen LogP contribution in [-0.4, -0.2) is 75.8 Å². The second-order valence-electron chi connectivity index (χ2n) is 5.87. The molecule has 0 aliphatic carbocycles. The zero-order chi connectivity index (χ0) is 16.2. The van der Waals surface area contributed by atoms with E-state index in [2.05, 4.69) is 0 Å². The summed E-state index contributed by atoms with van der Waals surface area (Å²) in [6.07, 6.45) is 2.50. The van der Waals surface area contributed by atoms with Crippen molar-refractivity contribution in [2.45, 2.75) is 58.0 Å². The van der Waals surface area contributed by atoms with E-state index in [9.17, 15) is 0 Å². The summed E-state index contributed by atoms with van der Waals surface area (Å²) in [6, 6.07) is 0. The molecule has 0 bridgehead atoms. The van der Waals surface area contributed by atoms with E-state index in [-0.39, 0.29) is 31.0 Å². The van der Waals surface area contributed by atoms with Gasteiger partial charge in [-0.15, -0.1) is 0 Å². The Balaban J connectivity index is 1.96. The van der Waals surface area contributed by atoms with Crippen molar-refractivity contribution in [2.75, 3.05) is 46.2 Å². The summed E-state index contributed by atoms with van der Waals surface area (Å²) in [5, 5.41) is 8.67. The number of aliphatic hydroxyl groups excluding tert-OH is 1. The Labute approximate surface area is 134 Å². The van der Waals surface area contributed by atoms with Crippen molar-refractivity contribution in [2.24, 2.45) is 0 Å². The Morgan fingerprint density at radius 3 is 2.23 bits per heavy atom. The molecule has 4 atom stereocenters. The smallest absolute Gasteiger partial charge is 0.0809 e. The van der Waals surface area contributed by atoms with Crippen molar-refractivity contribution in [3.8, 4) is 0 Å². The Hall–Kier alpha value is -0.240. The summed E-state index contributed by atoms with van der Waals surface area (Å²) in [6.45, 7) is 9.36. The van der Waals surface area contributed by atoms with E-state index < -0.39 is 0 Å². The third-order valence-electron chi connectivity index (χ3n) is 3.40. The fraction of sp³-hybridized carbons (Fsp3) is 1.00. The molecule has 1 rings (SSSR count). The lowest BCUT2D eigenvalue weighted by atomic mass is 10.2. The van der Waals surface area contributed by atoms with E-state index in [0.717, 1.165) is 19.4 Å². The van der Waals surface area contributed by atoms with Crippen LogP contribution in [0.2, 0.25) is 0 Å². The van der Waals surface area contributed by atoms with Gasteiger partial charge in [0.1, 0.15) is 0 Å². The Kier molecular flexibility index (Phi) is 11.0. The first-order chi connectivity index (χ1) is 10.6. The quantitative estimate of drug-likeness (QED) is 0.553. The predicted octanol–water partition coefficient (Wildman–Crippen LogP) is 1.39. The van der Waals surface area contributed by atoms with E-state index in [1.807, 2.05) is 20.8 Å². The van der Waals surface area contributed by atoms with E-state index in [1.165, 1.54) is 0 Å². The lowest BCUT2D eigenvalue weighted by molar-refractivity contribution is -0.0867. The molecule has 0 aromatic rings. The topological polar surface area (TPSA) is 66.4 Å². The number of ether oxygens (including phenoxy) is 5. The summed E-state index contributed by atoms with van der Waals surface area (Å²) in [7, 11) is 0. The molecule has 1 aliphatic rings. The number of hydrogen-bond acceptors (Lipinski definition) is 6. The van der Waals surface area contributed by atoms with Crippen LogP contribution in [0.3, 0.4) is 0 Å². The van der Waals surface area contributed by atoms with E-state index >= 15 is 0 Å². The second-order valence-corrected chi connectivity index (χ2v) is 5.87. The van der Waals surface area contributed by atoms with Crippen LogP contribution in [0.25, 0.3) is 0 Å². The monoisotopic (exact) mass is 320 g/mol. The molecule has 0 aromatic carbocycles. The van der Waals surface area contributed by atoms with Gasteiger partial charge in [0.2, 0.25) is 0 Å². The molecule has 0 aromatic heterocycles. The van der Waals surface area contributed by atoms with Gasteiger partial charge in [-0.25, -0.2) is 0 Å². The van der Waals surface area contributed by atoms with Crippen molar-refractivity contribution in [1.29, 1.82) is 0 Å². The number of aliphatic hydroxyl groups is 1. The summed E-state index contributed by atoms with van der Waals surface area (Å²) >= 11 is 0. The van der Waals surface area contributed by atoms with Gasteiger partial charge in [0.15, 0.2) is 0 Å². The van der Waals surface area contributed by atoms with Crippen LogP contribution in [0.4, 0.5) is 0 Å². The van der Waals surface area contributed by atoms with Gasteiger partial charge < -0.3 is 28.8 Å². The molecule has 1 fully saturated rings. The van der Waals surface area contributed by atoms with Crippen molar-refractivity contribution in [1.82, 2.24) is 0 Å². The molecule has 1 heterocycles. The second kappa shape index (κ2) is 12.2. The van der Waals surface area contributed by atoms with Gasteiger partial charge in [-0.2, -0.15) is 0 Å². The minimum atomic E-state index is -0.0261. The third-order valence-corrected chi connectivity index (χ3v) is 3.40. The molecule has 0 saturated carbocycles. The van der Waals surface area contributed by atoms with Gasteiger partial charge in [0.05, 0.1) is 64.1 Å². The molecule has 1 saturated heterocycles. The molecule has 1 aliphatic heterocycles. The van der Waals surface area contributed by atoms with Gasteiger partial charge in [0, 0.05) is 6.61 Å². The highest BCUT2D eigenvalue weighted by atomic mass is 16.6. The van der Waals surface area contributed by atoms with Crippen LogP contribution in [0.15, 0.2) is 0 Å². The van der Waals surface area contributed by atoms with Gasteiger partial charge in [-0.1, -0.05) is 0 Å². The largest absolute Gasteiger partial charge is 0.394 e. The zero-order valence-corrected chi connectivity index (χ0v) is 14.2. The predicted molar refractivity (Wildman–Crippen MR) is 83.1 cm³/mol. The lowest BCUT2D eigenvalue weighted by Crippen LogP contribution is -2.27. The van der Waals surface area contributed by atoms with Gasteiger partial charge in [-0.3, -0.25) is 0 Å². The summed E-state index contributed by atoms with van der Waals surface area (Å²) in [5.41, 5.74) is 0. The standard InChI is InChI=1S/C16H32O6/c1-13(9-18-12-16-5-4-7-20-16)21-11-15(3)22-10-14(2)19-8-6-17/h13-17H,4-12H2,1-3H3. The highest BCUT2D eigenvalue weighted by Crippen LogP contribution is 2.12. The maximum Gasteiger partial charge on any atom is 0.0809 e. The Bertz CT molecular complexity index is 257. The van der Waals surface area contributed by atoms with Crippen LogP contribution in [0.5, 0.6) is 0 Å². The first-order valence-electron chi connectivity index (χ1n) is 8.26.